The highest BCUT2D eigenvalue weighted by atomic mass is 32.1. The minimum absolute atomic E-state index is 0.0455. The number of aryl methyl sites for hydroxylation is 1. The molecule has 0 radical (unpaired) electrons. The Hall–Kier alpha value is -3.24. The number of rotatable bonds is 8. The first-order chi connectivity index (χ1) is 19.7. The van der Waals surface area contributed by atoms with E-state index in [-0.39, 0.29) is 29.9 Å². The van der Waals surface area contributed by atoms with Crippen LogP contribution in [0.25, 0.3) is 10.4 Å². The van der Waals surface area contributed by atoms with Gasteiger partial charge in [0.2, 0.25) is 12.3 Å². The summed E-state index contributed by atoms with van der Waals surface area (Å²) in [6, 6.07) is 10.5. The highest BCUT2D eigenvalue weighted by Crippen LogP contribution is 2.33. The SMILES string of the molecule is CC(C)C(C(=O)N1CCCC1C)c1cc(N2CCC(O)CC2)no1.Cc1ncsc1-c1ccc(C(C)NC=O)cc1. The molecule has 0 spiro atoms. The van der Waals surface area contributed by atoms with Crippen molar-refractivity contribution in [2.24, 2.45) is 5.92 Å². The van der Waals surface area contributed by atoms with Crippen molar-refractivity contribution < 1.29 is 19.2 Å². The highest BCUT2D eigenvalue weighted by Gasteiger charge is 2.36. The molecule has 3 aromatic rings. The molecule has 2 saturated heterocycles. The van der Waals surface area contributed by atoms with Crippen molar-refractivity contribution >= 4 is 29.5 Å². The predicted molar refractivity (Wildman–Crippen MR) is 162 cm³/mol. The lowest BCUT2D eigenvalue weighted by Crippen LogP contribution is -2.39. The molecule has 2 aliphatic heterocycles. The summed E-state index contributed by atoms with van der Waals surface area (Å²) in [7, 11) is 0. The number of anilines is 1. The van der Waals surface area contributed by atoms with Gasteiger partial charge in [-0.3, -0.25) is 9.59 Å². The smallest absolute Gasteiger partial charge is 0.233 e. The lowest BCUT2D eigenvalue weighted by atomic mass is 9.91. The molecular formula is C31H43N5O4S. The number of benzene rings is 1. The van der Waals surface area contributed by atoms with Gasteiger partial charge < -0.3 is 24.7 Å². The van der Waals surface area contributed by atoms with E-state index < -0.39 is 0 Å². The summed E-state index contributed by atoms with van der Waals surface area (Å²) in [6.07, 6.45) is 4.17. The molecule has 2 amide bonds. The minimum atomic E-state index is -0.276. The third-order valence-electron chi connectivity index (χ3n) is 8.12. The maximum Gasteiger partial charge on any atom is 0.233 e. The molecule has 3 unspecified atom stereocenters. The first-order valence-corrected chi connectivity index (χ1v) is 15.5. The molecule has 3 atom stereocenters. The fourth-order valence-electron chi connectivity index (χ4n) is 5.55. The number of piperidine rings is 1. The molecule has 222 valence electrons. The van der Waals surface area contributed by atoms with E-state index in [0.717, 1.165) is 68.8 Å². The number of carbonyl (C=O) groups is 2. The van der Waals surface area contributed by atoms with Gasteiger partial charge in [0.25, 0.3) is 0 Å². The van der Waals surface area contributed by atoms with Crippen LogP contribution in [0, 0.1) is 12.8 Å². The highest BCUT2D eigenvalue weighted by molar-refractivity contribution is 7.13. The summed E-state index contributed by atoms with van der Waals surface area (Å²) in [5.74, 6) is 1.49. The number of hydrogen-bond acceptors (Lipinski definition) is 8. The second-order valence-corrected chi connectivity index (χ2v) is 12.3. The standard InChI is InChI=1S/C18H29N3O3.C13H14N2OS/c1-12(2)17(18(23)21-8-4-5-13(21)3)15-11-16(19-24-15)20-9-6-14(22)7-10-20;1-9(14-7-16)11-3-5-12(6-4-11)13-10(2)15-8-17-13/h11-14,17,22H,4-10H2,1-3H3;3-9H,1-2H3,(H,14,16). The van der Waals surface area contributed by atoms with Crippen LogP contribution in [-0.2, 0) is 9.59 Å². The number of likely N-dealkylation sites (tertiary alicyclic amines) is 1. The zero-order chi connectivity index (χ0) is 29.5. The number of hydrogen-bond donors (Lipinski definition) is 2. The van der Waals surface area contributed by atoms with Crippen molar-refractivity contribution in [3.63, 3.8) is 0 Å². The van der Waals surface area contributed by atoms with Crippen LogP contribution in [-0.4, -0.2) is 64.2 Å². The van der Waals surface area contributed by atoms with Crippen molar-refractivity contribution in [1.29, 1.82) is 0 Å². The third kappa shape index (κ3) is 7.54. The average Bonchev–Trinajstić information content (AvgIpc) is 3.71. The van der Waals surface area contributed by atoms with Crippen LogP contribution in [0.2, 0.25) is 0 Å². The Bertz CT molecular complexity index is 1270. The monoisotopic (exact) mass is 581 g/mol. The van der Waals surface area contributed by atoms with E-state index in [2.05, 4.69) is 53.3 Å². The van der Waals surface area contributed by atoms with E-state index in [0.29, 0.717) is 11.8 Å². The van der Waals surface area contributed by atoms with Gasteiger partial charge in [-0.25, -0.2) is 4.98 Å². The van der Waals surface area contributed by atoms with Gasteiger partial charge in [-0.05, 0) is 63.5 Å². The molecule has 0 aliphatic carbocycles. The number of aromatic nitrogens is 2. The van der Waals surface area contributed by atoms with Crippen molar-refractivity contribution in [3.05, 3.63) is 52.9 Å². The normalized spacial score (nSPS) is 19.0. The Morgan fingerprint density at radius 1 is 1.15 bits per heavy atom. The van der Waals surface area contributed by atoms with Gasteiger partial charge in [-0.15, -0.1) is 11.3 Å². The van der Waals surface area contributed by atoms with E-state index in [1.807, 2.05) is 42.5 Å². The summed E-state index contributed by atoms with van der Waals surface area (Å²) in [6.45, 7) is 12.6. The number of aliphatic hydroxyl groups is 1. The predicted octanol–water partition coefficient (Wildman–Crippen LogP) is 5.31. The Kier molecular flexibility index (Phi) is 10.6. The number of carbonyl (C=O) groups excluding carboxylic acids is 2. The first-order valence-electron chi connectivity index (χ1n) is 14.6. The Labute approximate surface area is 246 Å². The Morgan fingerprint density at radius 3 is 2.41 bits per heavy atom. The molecule has 0 saturated carbocycles. The zero-order valence-electron chi connectivity index (χ0n) is 24.7. The van der Waals surface area contributed by atoms with E-state index in [1.54, 1.807) is 11.3 Å². The molecule has 2 fully saturated rings. The molecule has 41 heavy (non-hydrogen) atoms. The average molecular weight is 582 g/mol. The molecule has 0 bridgehead atoms. The Morgan fingerprint density at radius 2 is 1.85 bits per heavy atom. The van der Waals surface area contributed by atoms with Crippen molar-refractivity contribution in [1.82, 2.24) is 20.4 Å². The number of nitrogens with zero attached hydrogens (tertiary/aromatic N) is 4. The summed E-state index contributed by atoms with van der Waals surface area (Å²) in [4.78, 5) is 32.9. The van der Waals surface area contributed by atoms with Gasteiger partial charge in [-0.2, -0.15) is 0 Å². The van der Waals surface area contributed by atoms with E-state index in [1.165, 1.54) is 10.4 Å². The summed E-state index contributed by atoms with van der Waals surface area (Å²) < 4.78 is 5.58. The summed E-state index contributed by atoms with van der Waals surface area (Å²) in [5, 5.41) is 16.6. The van der Waals surface area contributed by atoms with Crippen LogP contribution in [0.1, 0.15) is 82.4 Å². The fraction of sp³-hybridized carbons (Fsp3) is 0.548. The van der Waals surface area contributed by atoms with Crippen LogP contribution in [0.4, 0.5) is 5.82 Å². The minimum Gasteiger partial charge on any atom is -0.393 e. The first kappa shape index (κ1) is 30.7. The van der Waals surface area contributed by atoms with Gasteiger partial charge >= 0.3 is 0 Å². The van der Waals surface area contributed by atoms with E-state index >= 15 is 0 Å². The van der Waals surface area contributed by atoms with Gasteiger partial charge in [0.1, 0.15) is 5.92 Å². The Balaban J connectivity index is 0.000000201. The van der Waals surface area contributed by atoms with Crippen molar-refractivity contribution in [3.8, 4) is 10.4 Å². The van der Waals surface area contributed by atoms with Gasteiger partial charge in [0.15, 0.2) is 11.6 Å². The summed E-state index contributed by atoms with van der Waals surface area (Å²) >= 11 is 1.64. The lowest BCUT2D eigenvalue weighted by Gasteiger charge is -2.29. The van der Waals surface area contributed by atoms with Gasteiger partial charge in [-0.1, -0.05) is 43.3 Å². The second kappa shape index (κ2) is 14.1. The molecule has 2 aliphatic rings. The van der Waals surface area contributed by atoms with Crippen LogP contribution in [0.3, 0.4) is 0 Å². The molecule has 1 aromatic carbocycles. The largest absolute Gasteiger partial charge is 0.393 e. The molecule has 4 heterocycles. The molecule has 5 rings (SSSR count). The van der Waals surface area contributed by atoms with Crippen LogP contribution in [0.5, 0.6) is 0 Å². The van der Waals surface area contributed by atoms with E-state index in [4.69, 9.17) is 4.52 Å². The van der Waals surface area contributed by atoms with Gasteiger partial charge in [0.05, 0.1) is 28.2 Å². The van der Waals surface area contributed by atoms with E-state index in [9.17, 15) is 14.7 Å². The fourth-order valence-corrected chi connectivity index (χ4v) is 6.36. The van der Waals surface area contributed by atoms with Crippen molar-refractivity contribution in [2.75, 3.05) is 24.5 Å². The third-order valence-corrected chi connectivity index (χ3v) is 9.09. The maximum absolute atomic E-state index is 13.0. The molecule has 9 nitrogen and oxygen atoms in total. The summed E-state index contributed by atoms with van der Waals surface area (Å²) in [5.41, 5.74) is 5.19. The number of aliphatic hydroxyl groups excluding tert-OH is 1. The molecular weight excluding hydrogens is 538 g/mol. The number of amides is 2. The number of nitrogens with one attached hydrogen (secondary N) is 1. The van der Waals surface area contributed by atoms with Crippen LogP contribution >= 0.6 is 11.3 Å². The quantitative estimate of drug-likeness (QED) is 0.347. The van der Waals surface area contributed by atoms with Crippen LogP contribution < -0.4 is 10.2 Å². The lowest BCUT2D eigenvalue weighted by molar-refractivity contribution is -0.134. The molecule has 10 heteroatoms. The van der Waals surface area contributed by atoms with Crippen LogP contribution in [0.15, 0.2) is 40.4 Å². The second-order valence-electron chi connectivity index (χ2n) is 11.4. The molecule has 2 aromatic heterocycles. The topological polar surface area (TPSA) is 112 Å². The maximum atomic E-state index is 13.0. The molecule has 2 N–H and O–H groups in total. The number of thiazole rings is 1. The zero-order valence-corrected chi connectivity index (χ0v) is 25.6. The van der Waals surface area contributed by atoms with Gasteiger partial charge in [0, 0.05) is 31.7 Å². The van der Waals surface area contributed by atoms with Crippen molar-refractivity contribution in [2.45, 2.75) is 84.4 Å².